The van der Waals surface area contributed by atoms with Crippen molar-refractivity contribution in [3.8, 4) is 0 Å². The van der Waals surface area contributed by atoms with Crippen LogP contribution in [-0.4, -0.2) is 68.9 Å². The summed E-state index contributed by atoms with van der Waals surface area (Å²) < 4.78 is 0. The summed E-state index contributed by atoms with van der Waals surface area (Å²) >= 11 is 12.1. The molecule has 0 spiro atoms. The molecule has 3 atom stereocenters. The molecule has 52 heavy (non-hydrogen) atoms. The van der Waals surface area contributed by atoms with Crippen LogP contribution in [0.4, 0.5) is 5.69 Å². The lowest BCUT2D eigenvalue weighted by Gasteiger charge is -2.25. The van der Waals surface area contributed by atoms with Crippen molar-refractivity contribution in [2.45, 2.75) is 43.8 Å². The molecule has 268 valence electrons. The van der Waals surface area contributed by atoms with Gasteiger partial charge in [-0.3, -0.25) is 28.8 Å². The van der Waals surface area contributed by atoms with E-state index in [4.69, 9.17) is 23.2 Å². The second-order valence-electron chi connectivity index (χ2n) is 12.0. The van der Waals surface area contributed by atoms with Crippen molar-refractivity contribution in [3.63, 3.8) is 0 Å². The number of carbonyl (C=O) groups is 6. The van der Waals surface area contributed by atoms with Crippen LogP contribution in [0.3, 0.4) is 0 Å². The molecule has 5 aromatic rings. The summed E-state index contributed by atoms with van der Waals surface area (Å²) in [5.41, 5.74) is 1.68. The number of amides is 4. The Bertz CT molecular complexity index is 2170. The first-order chi connectivity index (χ1) is 24.8. The summed E-state index contributed by atoms with van der Waals surface area (Å²) in [6.45, 7) is 0. The number of halogens is 2. The molecule has 4 amide bonds. The molecule has 4 aromatic carbocycles. The molecule has 0 radical (unpaired) electrons. The first-order valence-corrected chi connectivity index (χ1v) is 16.8. The van der Waals surface area contributed by atoms with Crippen molar-refractivity contribution in [1.82, 2.24) is 20.9 Å². The lowest BCUT2D eigenvalue weighted by molar-refractivity contribution is -0.141. The van der Waals surface area contributed by atoms with Gasteiger partial charge < -0.3 is 36.5 Å². The number of rotatable bonds is 15. The van der Waals surface area contributed by atoms with Crippen molar-refractivity contribution in [2.75, 3.05) is 5.32 Å². The molecule has 0 saturated carbocycles. The summed E-state index contributed by atoms with van der Waals surface area (Å²) in [4.78, 5) is 80.3. The van der Waals surface area contributed by atoms with Crippen LogP contribution in [0.2, 0.25) is 10.0 Å². The number of hydrogen-bond acceptors (Lipinski definition) is 6. The van der Waals surface area contributed by atoms with Crippen molar-refractivity contribution in [2.24, 2.45) is 0 Å². The molecule has 0 aliphatic rings. The number of carbonyl (C=O) groups excluding carboxylic acids is 4. The number of carboxylic acids is 2. The van der Waals surface area contributed by atoms with E-state index in [-0.39, 0.29) is 24.2 Å². The van der Waals surface area contributed by atoms with E-state index in [0.29, 0.717) is 26.5 Å². The fourth-order valence-electron chi connectivity index (χ4n) is 5.53. The van der Waals surface area contributed by atoms with Crippen LogP contribution in [-0.2, 0) is 30.4 Å². The van der Waals surface area contributed by atoms with Crippen molar-refractivity contribution in [1.29, 1.82) is 0 Å². The Hall–Kier alpha value is -5.92. The van der Waals surface area contributed by atoms with Gasteiger partial charge in [0.1, 0.15) is 23.8 Å². The number of aliphatic carboxylic acids is 2. The maximum atomic E-state index is 13.9. The van der Waals surface area contributed by atoms with Gasteiger partial charge in [-0.2, -0.15) is 0 Å². The van der Waals surface area contributed by atoms with Crippen molar-refractivity contribution in [3.05, 3.63) is 112 Å². The molecule has 0 bridgehead atoms. The van der Waals surface area contributed by atoms with Crippen LogP contribution < -0.4 is 21.3 Å². The van der Waals surface area contributed by atoms with Gasteiger partial charge in [-0.05, 0) is 65.2 Å². The molecular weight excluding hydrogens is 713 g/mol. The van der Waals surface area contributed by atoms with E-state index in [1.165, 1.54) is 12.1 Å². The highest BCUT2D eigenvalue weighted by molar-refractivity contribution is 6.31. The Morgan fingerprint density at radius 1 is 0.635 bits per heavy atom. The molecule has 13 nitrogen and oxygen atoms in total. The monoisotopic (exact) mass is 745 g/mol. The minimum absolute atomic E-state index is 0.0425. The van der Waals surface area contributed by atoms with Gasteiger partial charge >= 0.3 is 11.9 Å². The van der Waals surface area contributed by atoms with Gasteiger partial charge in [-0.1, -0.05) is 71.7 Å². The summed E-state index contributed by atoms with van der Waals surface area (Å²) in [6.07, 6.45) is -1.79. The minimum Gasteiger partial charge on any atom is -0.481 e. The van der Waals surface area contributed by atoms with E-state index in [0.717, 1.165) is 10.8 Å². The van der Waals surface area contributed by atoms with Gasteiger partial charge in [-0.25, -0.2) is 0 Å². The van der Waals surface area contributed by atoms with Crippen LogP contribution in [0, 0.1) is 0 Å². The van der Waals surface area contributed by atoms with E-state index in [9.17, 15) is 39.0 Å². The quantitative estimate of drug-likeness (QED) is 0.0781. The van der Waals surface area contributed by atoms with Crippen molar-refractivity contribution < 1.29 is 39.0 Å². The van der Waals surface area contributed by atoms with Crippen molar-refractivity contribution >= 4 is 86.1 Å². The minimum atomic E-state index is -1.72. The summed E-state index contributed by atoms with van der Waals surface area (Å²) in [5, 5.41) is 32.2. The molecule has 0 saturated heterocycles. The molecular formula is C37H33Cl2N5O8. The Morgan fingerprint density at radius 3 is 2.08 bits per heavy atom. The van der Waals surface area contributed by atoms with E-state index in [2.05, 4.69) is 26.3 Å². The third-order valence-electron chi connectivity index (χ3n) is 8.09. The molecule has 0 unspecified atom stereocenters. The Labute approximate surface area is 306 Å². The highest BCUT2D eigenvalue weighted by atomic mass is 35.5. The normalized spacial score (nSPS) is 12.7. The van der Waals surface area contributed by atoms with Crippen LogP contribution in [0.5, 0.6) is 0 Å². The standard InChI is InChI=1S/C37H33Cl2N5O8/c38-24-6-3-7-26(18-24)40-34(49)28(12-13-32(45)46)42-37(52)31(19-33(47)48)44-35(50)29(15-20-8-9-21-4-1-2-5-22(21)14-20)43-36(51)30-17-23-16-25(39)10-11-27(23)41-30/h1-11,14,16-18,28-29,31,41H,12-13,15,19H2,(H,40,49)(H,42,52)(H,43,51)(H,44,50)(H,45,46)(H,47,48)/t28-,29-,31-/m0/s1. The molecule has 0 fully saturated rings. The second kappa shape index (κ2) is 16.9. The smallest absolute Gasteiger partial charge is 0.305 e. The van der Waals surface area contributed by atoms with Gasteiger partial charge in [-0.15, -0.1) is 0 Å². The summed E-state index contributed by atoms with van der Waals surface area (Å²) in [6, 6.07) is 21.3. The van der Waals surface area contributed by atoms with Gasteiger partial charge in [0.15, 0.2) is 0 Å². The number of anilines is 1. The molecule has 0 aliphatic heterocycles. The zero-order chi connectivity index (χ0) is 37.4. The predicted octanol–water partition coefficient (Wildman–Crippen LogP) is 4.92. The van der Waals surface area contributed by atoms with Gasteiger partial charge in [0.25, 0.3) is 5.91 Å². The van der Waals surface area contributed by atoms with Crippen LogP contribution in [0.15, 0.2) is 91.0 Å². The highest BCUT2D eigenvalue weighted by Gasteiger charge is 2.32. The number of fused-ring (bicyclic) bond motifs is 2. The Morgan fingerprint density at radius 2 is 1.35 bits per heavy atom. The lowest BCUT2D eigenvalue weighted by Crippen LogP contribution is -2.57. The number of aromatic nitrogens is 1. The second-order valence-corrected chi connectivity index (χ2v) is 12.9. The number of nitrogens with one attached hydrogen (secondary N) is 5. The van der Waals surface area contributed by atoms with E-state index >= 15 is 0 Å². The third kappa shape index (κ3) is 10.1. The first kappa shape index (κ1) is 37.3. The lowest BCUT2D eigenvalue weighted by atomic mass is 10.0. The predicted molar refractivity (Wildman–Crippen MR) is 195 cm³/mol. The topological polar surface area (TPSA) is 207 Å². The SMILES string of the molecule is O=C(O)CC[C@H](NC(=O)[C@H](CC(=O)O)NC(=O)[C@H](Cc1ccc2ccccc2c1)NC(=O)c1cc2cc(Cl)ccc2[nH]1)C(=O)Nc1cccc(Cl)c1. The largest absolute Gasteiger partial charge is 0.481 e. The molecule has 0 aliphatic carbocycles. The maximum absolute atomic E-state index is 13.9. The fraction of sp³-hybridized carbons (Fsp3) is 0.189. The average molecular weight is 747 g/mol. The number of carboxylic acid groups (broad SMARTS) is 2. The maximum Gasteiger partial charge on any atom is 0.305 e. The van der Waals surface area contributed by atoms with Crippen LogP contribution in [0.25, 0.3) is 21.7 Å². The number of benzene rings is 4. The van der Waals surface area contributed by atoms with E-state index in [1.807, 2.05) is 36.4 Å². The Kier molecular flexibility index (Phi) is 12.1. The van der Waals surface area contributed by atoms with Gasteiger partial charge in [0.05, 0.1) is 6.42 Å². The van der Waals surface area contributed by atoms with Crippen LogP contribution in [0.1, 0.15) is 35.3 Å². The fourth-order valence-corrected chi connectivity index (χ4v) is 5.90. The molecule has 15 heteroatoms. The zero-order valence-electron chi connectivity index (χ0n) is 27.3. The third-order valence-corrected chi connectivity index (χ3v) is 8.56. The number of aromatic amines is 1. The summed E-state index contributed by atoms with van der Waals surface area (Å²) in [7, 11) is 0. The van der Waals surface area contributed by atoms with E-state index < -0.39 is 66.5 Å². The first-order valence-electron chi connectivity index (χ1n) is 16.0. The van der Waals surface area contributed by atoms with E-state index in [1.54, 1.807) is 42.5 Å². The van der Waals surface area contributed by atoms with Gasteiger partial charge in [0, 0.05) is 39.5 Å². The average Bonchev–Trinajstić information content (AvgIpc) is 3.52. The summed E-state index contributed by atoms with van der Waals surface area (Å²) in [5.74, 6) is -6.08. The molecule has 7 N–H and O–H groups in total. The molecule has 1 aromatic heterocycles. The number of H-pyrrole nitrogens is 1. The highest BCUT2D eigenvalue weighted by Crippen LogP contribution is 2.21. The zero-order valence-corrected chi connectivity index (χ0v) is 28.8. The molecule has 5 rings (SSSR count). The van der Waals surface area contributed by atoms with Crippen LogP contribution >= 0.6 is 23.2 Å². The van der Waals surface area contributed by atoms with Gasteiger partial charge in [0.2, 0.25) is 17.7 Å². The number of hydrogen-bond donors (Lipinski definition) is 7. The molecule has 1 heterocycles. The Balaban J connectivity index is 1.38.